The van der Waals surface area contributed by atoms with Gasteiger partial charge >= 0.3 is 0 Å². The summed E-state index contributed by atoms with van der Waals surface area (Å²) in [6.07, 6.45) is 0. The molecular formula is C13H22NO2+. The summed E-state index contributed by atoms with van der Waals surface area (Å²) in [4.78, 5) is 0. The predicted molar refractivity (Wildman–Crippen MR) is 64.9 cm³/mol. The van der Waals surface area contributed by atoms with Crippen LogP contribution in [0, 0.1) is 0 Å². The number of ether oxygens (including phenoxy) is 2. The Morgan fingerprint density at radius 2 is 1.69 bits per heavy atom. The highest BCUT2D eigenvalue weighted by Crippen LogP contribution is 2.27. The summed E-state index contributed by atoms with van der Waals surface area (Å²) in [5.74, 6) is 1.57. The molecule has 90 valence electrons. The zero-order valence-electron chi connectivity index (χ0n) is 10.8. The molecule has 0 aliphatic rings. The van der Waals surface area contributed by atoms with Crippen LogP contribution in [0.25, 0.3) is 0 Å². The maximum Gasteiger partial charge on any atom is 0.161 e. The number of hydrogen-bond acceptors (Lipinski definition) is 2. The fourth-order valence-electron chi connectivity index (χ4n) is 1.43. The monoisotopic (exact) mass is 224 g/mol. The molecule has 0 unspecified atom stereocenters. The normalized spacial score (nSPS) is 11.3. The van der Waals surface area contributed by atoms with E-state index in [0.717, 1.165) is 18.0 Å². The van der Waals surface area contributed by atoms with E-state index in [1.807, 2.05) is 12.1 Å². The van der Waals surface area contributed by atoms with Crippen molar-refractivity contribution in [2.24, 2.45) is 0 Å². The van der Waals surface area contributed by atoms with E-state index in [0.29, 0.717) is 0 Å². The molecule has 1 aromatic carbocycles. The number of quaternary nitrogens is 1. The van der Waals surface area contributed by atoms with Gasteiger partial charge in [0.1, 0.15) is 6.54 Å². The largest absolute Gasteiger partial charge is 0.493 e. The van der Waals surface area contributed by atoms with Crippen molar-refractivity contribution in [3.05, 3.63) is 23.8 Å². The van der Waals surface area contributed by atoms with Crippen LogP contribution < -0.4 is 14.8 Å². The van der Waals surface area contributed by atoms with Crippen molar-refractivity contribution in [2.75, 3.05) is 14.2 Å². The maximum absolute atomic E-state index is 5.27. The minimum absolute atomic E-state index is 0.243. The van der Waals surface area contributed by atoms with Gasteiger partial charge in [-0.2, -0.15) is 0 Å². The van der Waals surface area contributed by atoms with Gasteiger partial charge in [-0.25, -0.2) is 0 Å². The summed E-state index contributed by atoms with van der Waals surface area (Å²) in [5, 5.41) is 2.30. The summed E-state index contributed by atoms with van der Waals surface area (Å²) in [6, 6.07) is 6.05. The van der Waals surface area contributed by atoms with Gasteiger partial charge in [-0.1, -0.05) is 0 Å². The Morgan fingerprint density at radius 1 is 1.06 bits per heavy atom. The zero-order valence-corrected chi connectivity index (χ0v) is 10.8. The van der Waals surface area contributed by atoms with Crippen LogP contribution in [-0.2, 0) is 6.54 Å². The SMILES string of the molecule is COc1ccc(C[NH2+]C(C)(C)C)cc1OC. The van der Waals surface area contributed by atoms with Crippen LogP contribution in [0.4, 0.5) is 0 Å². The Bertz CT molecular complexity index is 342. The molecule has 3 nitrogen and oxygen atoms in total. The fraction of sp³-hybridized carbons (Fsp3) is 0.538. The Labute approximate surface area is 97.8 Å². The number of rotatable bonds is 4. The summed E-state index contributed by atoms with van der Waals surface area (Å²) in [6.45, 7) is 7.55. The van der Waals surface area contributed by atoms with Gasteiger partial charge in [-0.15, -0.1) is 0 Å². The molecule has 0 spiro atoms. The van der Waals surface area contributed by atoms with Crippen LogP contribution in [0.15, 0.2) is 18.2 Å². The van der Waals surface area contributed by atoms with Gasteiger partial charge in [0, 0.05) is 5.56 Å². The van der Waals surface area contributed by atoms with E-state index in [1.54, 1.807) is 14.2 Å². The number of methoxy groups -OCH3 is 2. The van der Waals surface area contributed by atoms with Crippen LogP contribution in [-0.4, -0.2) is 19.8 Å². The fourth-order valence-corrected chi connectivity index (χ4v) is 1.43. The van der Waals surface area contributed by atoms with E-state index in [2.05, 4.69) is 32.2 Å². The molecule has 0 saturated heterocycles. The minimum Gasteiger partial charge on any atom is -0.493 e. The second kappa shape index (κ2) is 5.21. The third-order valence-corrected chi connectivity index (χ3v) is 2.40. The van der Waals surface area contributed by atoms with Crippen LogP contribution >= 0.6 is 0 Å². The molecule has 0 atom stereocenters. The molecule has 1 aromatic rings. The number of benzene rings is 1. The lowest BCUT2D eigenvalue weighted by Crippen LogP contribution is -2.92. The maximum atomic E-state index is 5.27. The van der Waals surface area contributed by atoms with E-state index < -0.39 is 0 Å². The van der Waals surface area contributed by atoms with Crippen molar-refractivity contribution >= 4 is 0 Å². The summed E-state index contributed by atoms with van der Waals surface area (Å²) in [7, 11) is 3.31. The second-order valence-electron chi connectivity index (χ2n) is 4.96. The van der Waals surface area contributed by atoms with Crippen molar-refractivity contribution in [3.8, 4) is 11.5 Å². The van der Waals surface area contributed by atoms with Gasteiger partial charge in [0.25, 0.3) is 0 Å². The molecule has 0 radical (unpaired) electrons. The smallest absolute Gasteiger partial charge is 0.161 e. The lowest BCUT2D eigenvalue weighted by molar-refractivity contribution is -0.731. The molecule has 1 rings (SSSR count). The molecule has 2 N–H and O–H groups in total. The molecule has 3 heteroatoms. The molecule has 0 aliphatic carbocycles. The lowest BCUT2D eigenvalue weighted by Gasteiger charge is -2.17. The average molecular weight is 224 g/mol. The van der Waals surface area contributed by atoms with Crippen molar-refractivity contribution < 1.29 is 14.8 Å². The molecule has 0 saturated carbocycles. The Kier molecular flexibility index (Phi) is 4.19. The zero-order chi connectivity index (χ0) is 12.2. The topological polar surface area (TPSA) is 35.1 Å². The van der Waals surface area contributed by atoms with Crippen LogP contribution in [0.2, 0.25) is 0 Å². The molecule has 0 amide bonds. The highest BCUT2D eigenvalue weighted by atomic mass is 16.5. The van der Waals surface area contributed by atoms with Crippen molar-refractivity contribution in [2.45, 2.75) is 32.9 Å². The van der Waals surface area contributed by atoms with Crippen molar-refractivity contribution in [1.29, 1.82) is 0 Å². The first-order chi connectivity index (χ1) is 7.46. The molecule has 0 aliphatic heterocycles. The molecule has 0 fully saturated rings. The second-order valence-corrected chi connectivity index (χ2v) is 4.96. The molecule has 0 bridgehead atoms. The van der Waals surface area contributed by atoms with E-state index in [4.69, 9.17) is 9.47 Å². The number of hydrogen-bond donors (Lipinski definition) is 1. The van der Waals surface area contributed by atoms with Crippen molar-refractivity contribution in [1.82, 2.24) is 0 Å². The van der Waals surface area contributed by atoms with E-state index in [1.165, 1.54) is 5.56 Å². The highest BCUT2D eigenvalue weighted by molar-refractivity contribution is 5.42. The standard InChI is InChI=1S/C13H21NO2/c1-13(2,3)14-9-10-6-7-11(15-4)12(8-10)16-5/h6-8,14H,9H2,1-5H3/p+1. The molecular weight excluding hydrogens is 202 g/mol. The molecule has 0 heterocycles. The summed E-state index contributed by atoms with van der Waals surface area (Å²) >= 11 is 0. The summed E-state index contributed by atoms with van der Waals surface area (Å²) < 4.78 is 10.5. The first-order valence-corrected chi connectivity index (χ1v) is 5.51. The lowest BCUT2D eigenvalue weighted by atomic mass is 10.1. The van der Waals surface area contributed by atoms with Crippen LogP contribution in [0.5, 0.6) is 11.5 Å². The van der Waals surface area contributed by atoms with Gasteiger partial charge in [-0.05, 0) is 39.0 Å². The average Bonchev–Trinajstić information content (AvgIpc) is 2.25. The molecule has 16 heavy (non-hydrogen) atoms. The first kappa shape index (κ1) is 12.8. The summed E-state index contributed by atoms with van der Waals surface area (Å²) in [5.41, 5.74) is 1.49. The molecule has 0 aromatic heterocycles. The Morgan fingerprint density at radius 3 is 2.19 bits per heavy atom. The quantitative estimate of drug-likeness (QED) is 0.842. The third-order valence-electron chi connectivity index (χ3n) is 2.40. The highest BCUT2D eigenvalue weighted by Gasteiger charge is 2.13. The van der Waals surface area contributed by atoms with Gasteiger partial charge in [0.15, 0.2) is 11.5 Å². The van der Waals surface area contributed by atoms with Gasteiger partial charge in [-0.3, -0.25) is 0 Å². The predicted octanol–water partition coefficient (Wildman–Crippen LogP) is 1.57. The minimum atomic E-state index is 0.243. The number of nitrogens with two attached hydrogens (primary N) is 1. The van der Waals surface area contributed by atoms with E-state index in [-0.39, 0.29) is 5.54 Å². The van der Waals surface area contributed by atoms with E-state index >= 15 is 0 Å². The van der Waals surface area contributed by atoms with Gasteiger partial charge < -0.3 is 14.8 Å². The third kappa shape index (κ3) is 3.74. The Hall–Kier alpha value is -1.22. The van der Waals surface area contributed by atoms with Crippen LogP contribution in [0.3, 0.4) is 0 Å². The van der Waals surface area contributed by atoms with Crippen LogP contribution in [0.1, 0.15) is 26.3 Å². The van der Waals surface area contributed by atoms with E-state index in [9.17, 15) is 0 Å². The first-order valence-electron chi connectivity index (χ1n) is 5.51. The Balaban J connectivity index is 2.75. The van der Waals surface area contributed by atoms with Gasteiger partial charge in [0.05, 0.1) is 19.8 Å². The van der Waals surface area contributed by atoms with Gasteiger partial charge in [0.2, 0.25) is 0 Å². The van der Waals surface area contributed by atoms with Crippen molar-refractivity contribution in [3.63, 3.8) is 0 Å².